The lowest BCUT2D eigenvalue weighted by Crippen LogP contribution is -2.04. The lowest BCUT2D eigenvalue weighted by atomic mass is 10.2. The van der Waals surface area contributed by atoms with Gasteiger partial charge in [0.25, 0.3) is 0 Å². The van der Waals surface area contributed by atoms with Crippen LogP contribution in [-0.2, 0) is 4.74 Å². The van der Waals surface area contributed by atoms with Crippen molar-refractivity contribution >= 4 is 0 Å². The highest BCUT2D eigenvalue weighted by molar-refractivity contribution is 5.12. The van der Waals surface area contributed by atoms with Crippen LogP contribution in [0.25, 0.3) is 0 Å². The van der Waals surface area contributed by atoms with E-state index in [9.17, 15) is 0 Å². The Morgan fingerprint density at radius 1 is 1.64 bits per heavy atom. The third kappa shape index (κ3) is 1.29. The van der Waals surface area contributed by atoms with E-state index >= 15 is 0 Å². The fourth-order valence-electron chi connectivity index (χ4n) is 1.74. The normalized spacial score (nSPS) is 41.6. The molecule has 1 heteroatoms. The van der Waals surface area contributed by atoms with E-state index < -0.39 is 0 Å². The standard InChI is InChI=1S/C10H16O/c1-3-8-4-5-10(11-8)9-6-7(9)2/h5,7-9H,3-4,6H2,1-2H3. The Labute approximate surface area is 68.4 Å². The fourth-order valence-corrected chi connectivity index (χ4v) is 1.74. The minimum Gasteiger partial charge on any atom is -0.494 e. The van der Waals surface area contributed by atoms with Crippen molar-refractivity contribution in [2.45, 2.75) is 39.2 Å². The van der Waals surface area contributed by atoms with E-state index in [1.165, 1.54) is 12.2 Å². The Balaban J connectivity index is 1.88. The van der Waals surface area contributed by atoms with Gasteiger partial charge in [0.15, 0.2) is 0 Å². The lowest BCUT2D eigenvalue weighted by molar-refractivity contribution is 0.128. The summed E-state index contributed by atoms with van der Waals surface area (Å²) in [7, 11) is 0. The number of ether oxygens (including phenoxy) is 1. The molecule has 0 N–H and O–H groups in total. The predicted octanol–water partition coefficient (Wildman–Crippen LogP) is 2.73. The van der Waals surface area contributed by atoms with Crippen LogP contribution in [0.1, 0.15) is 33.1 Å². The molecule has 2 rings (SSSR count). The number of allylic oxidation sites excluding steroid dienone is 1. The van der Waals surface area contributed by atoms with Crippen molar-refractivity contribution in [1.29, 1.82) is 0 Å². The minimum atomic E-state index is 0.498. The number of hydrogen-bond acceptors (Lipinski definition) is 1. The average molecular weight is 152 g/mol. The van der Waals surface area contributed by atoms with E-state index in [-0.39, 0.29) is 0 Å². The number of hydrogen-bond donors (Lipinski definition) is 0. The van der Waals surface area contributed by atoms with E-state index in [2.05, 4.69) is 19.9 Å². The molecule has 3 unspecified atom stereocenters. The Morgan fingerprint density at radius 3 is 2.82 bits per heavy atom. The molecule has 0 aromatic heterocycles. The van der Waals surface area contributed by atoms with Gasteiger partial charge >= 0.3 is 0 Å². The molecular formula is C10H16O. The SMILES string of the molecule is CCC1CC=C(C2CC2C)O1. The summed E-state index contributed by atoms with van der Waals surface area (Å²) >= 11 is 0. The summed E-state index contributed by atoms with van der Waals surface area (Å²) in [6, 6.07) is 0. The molecule has 1 fully saturated rings. The Bertz CT molecular complexity index is 183. The maximum absolute atomic E-state index is 5.77. The second-order valence-electron chi connectivity index (χ2n) is 3.81. The first-order valence-corrected chi connectivity index (χ1v) is 4.68. The summed E-state index contributed by atoms with van der Waals surface area (Å²) in [5, 5.41) is 0. The molecule has 0 spiro atoms. The Hall–Kier alpha value is -0.460. The van der Waals surface area contributed by atoms with Crippen LogP contribution in [0.15, 0.2) is 11.8 Å². The first-order chi connectivity index (χ1) is 5.31. The highest BCUT2D eigenvalue weighted by atomic mass is 16.5. The maximum Gasteiger partial charge on any atom is 0.102 e. The van der Waals surface area contributed by atoms with Crippen molar-refractivity contribution in [3.8, 4) is 0 Å². The molecule has 0 saturated heterocycles. The highest BCUT2D eigenvalue weighted by Crippen LogP contribution is 2.46. The summed E-state index contributed by atoms with van der Waals surface area (Å²) in [6.45, 7) is 4.49. The molecule has 0 radical (unpaired) electrons. The van der Waals surface area contributed by atoms with Gasteiger partial charge in [-0.05, 0) is 24.8 Å². The quantitative estimate of drug-likeness (QED) is 0.591. The Morgan fingerprint density at radius 2 is 2.36 bits per heavy atom. The largest absolute Gasteiger partial charge is 0.494 e. The van der Waals surface area contributed by atoms with Crippen molar-refractivity contribution in [1.82, 2.24) is 0 Å². The molecule has 0 aromatic rings. The average Bonchev–Trinajstić information content (AvgIpc) is 2.59. The van der Waals surface area contributed by atoms with Crippen LogP contribution in [-0.4, -0.2) is 6.10 Å². The number of rotatable bonds is 2. The summed E-state index contributed by atoms with van der Waals surface area (Å²) < 4.78 is 5.77. The van der Waals surface area contributed by atoms with E-state index in [0.29, 0.717) is 6.10 Å². The van der Waals surface area contributed by atoms with Gasteiger partial charge in [-0.25, -0.2) is 0 Å². The van der Waals surface area contributed by atoms with Gasteiger partial charge in [-0.15, -0.1) is 0 Å². The fraction of sp³-hybridized carbons (Fsp3) is 0.800. The van der Waals surface area contributed by atoms with Crippen LogP contribution in [0, 0.1) is 11.8 Å². The molecule has 3 atom stereocenters. The van der Waals surface area contributed by atoms with Gasteiger partial charge in [0, 0.05) is 12.3 Å². The third-order valence-electron chi connectivity index (χ3n) is 2.81. The second kappa shape index (κ2) is 2.54. The van der Waals surface area contributed by atoms with E-state index in [1.807, 2.05) is 0 Å². The molecule has 0 amide bonds. The van der Waals surface area contributed by atoms with Crippen molar-refractivity contribution in [3.05, 3.63) is 11.8 Å². The van der Waals surface area contributed by atoms with Crippen LogP contribution in [0.3, 0.4) is 0 Å². The van der Waals surface area contributed by atoms with Crippen LogP contribution >= 0.6 is 0 Å². The molecule has 62 valence electrons. The molecule has 0 bridgehead atoms. The maximum atomic E-state index is 5.77. The van der Waals surface area contributed by atoms with Gasteiger partial charge in [0.2, 0.25) is 0 Å². The van der Waals surface area contributed by atoms with Crippen LogP contribution < -0.4 is 0 Å². The monoisotopic (exact) mass is 152 g/mol. The van der Waals surface area contributed by atoms with Gasteiger partial charge in [-0.3, -0.25) is 0 Å². The zero-order valence-electron chi connectivity index (χ0n) is 7.34. The van der Waals surface area contributed by atoms with Crippen molar-refractivity contribution in [2.75, 3.05) is 0 Å². The first kappa shape index (κ1) is 7.20. The van der Waals surface area contributed by atoms with E-state index in [4.69, 9.17) is 4.74 Å². The van der Waals surface area contributed by atoms with E-state index in [1.54, 1.807) is 0 Å². The van der Waals surface area contributed by atoms with Crippen LogP contribution in [0.4, 0.5) is 0 Å². The zero-order valence-corrected chi connectivity index (χ0v) is 7.34. The molecule has 1 saturated carbocycles. The molecule has 2 aliphatic rings. The van der Waals surface area contributed by atoms with E-state index in [0.717, 1.165) is 24.7 Å². The molecule has 1 aliphatic heterocycles. The predicted molar refractivity (Wildman–Crippen MR) is 45.1 cm³/mol. The van der Waals surface area contributed by atoms with Gasteiger partial charge in [-0.2, -0.15) is 0 Å². The lowest BCUT2D eigenvalue weighted by Gasteiger charge is -2.09. The smallest absolute Gasteiger partial charge is 0.102 e. The van der Waals surface area contributed by atoms with Crippen molar-refractivity contribution in [3.63, 3.8) is 0 Å². The van der Waals surface area contributed by atoms with Gasteiger partial charge in [0.05, 0.1) is 5.76 Å². The van der Waals surface area contributed by atoms with Gasteiger partial charge < -0.3 is 4.74 Å². The molecule has 1 heterocycles. The summed E-state index contributed by atoms with van der Waals surface area (Å²) in [6.07, 6.45) is 6.44. The zero-order chi connectivity index (χ0) is 7.84. The molecule has 1 nitrogen and oxygen atoms in total. The molecule has 1 aliphatic carbocycles. The summed E-state index contributed by atoms with van der Waals surface area (Å²) in [5.74, 6) is 2.97. The second-order valence-corrected chi connectivity index (χ2v) is 3.81. The topological polar surface area (TPSA) is 9.23 Å². The van der Waals surface area contributed by atoms with Gasteiger partial charge in [-0.1, -0.05) is 13.8 Å². The molecular weight excluding hydrogens is 136 g/mol. The van der Waals surface area contributed by atoms with Crippen LogP contribution in [0.5, 0.6) is 0 Å². The van der Waals surface area contributed by atoms with Crippen molar-refractivity contribution < 1.29 is 4.74 Å². The van der Waals surface area contributed by atoms with Gasteiger partial charge in [0.1, 0.15) is 6.10 Å². The molecule has 11 heavy (non-hydrogen) atoms. The Kier molecular flexibility index (Phi) is 1.67. The van der Waals surface area contributed by atoms with Crippen LogP contribution in [0.2, 0.25) is 0 Å². The first-order valence-electron chi connectivity index (χ1n) is 4.68. The highest BCUT2D eigenvalue weighted by Gasteiger charge is 2.39. The van der Waals surface area contributed by atoms with Crippen molar-refractivity contribution in [2.24, 2.45) is 11.8 Å². The summed E-state index contributed by atoms with van der Waals surface area (Å²) in [5.41, 5.74) is 0. The molecule has 0 aromatic carbocycles. The summed E-state index contributed by atoms with van der Waals surface area (Å²) in [4.78, 5) is 0. The third-order valence-corrected chi connectivity index (χ3v) is 2.81. The minimum absolute atomic E-state index is 0.498.